The topological polar surface area (TPSA) is 43.4 Å². The van der Waals surface area contributed by atoms with Crippen molar-refractivity contribution in [3.63, 3.8) is 0 Å². The molecule has 23 heavy (non-hydrogen) atoms. The molecule has 0 fully saturated rings. The van der Waals surface area contributed by atoms with E-state index in [0.717, 1.165) is 5.19 Å². The van der Waals surface area contributed by atoms with E-state index in [9.17, 15) is 9.59 Å². The fraction of sp³-hybridized carbons (Fsp3) is 0.158. The van der Waals surface area contributed by atoms with Crippen LogP contribution in [-0.4, -0.2) is 19.9 Å². The van der Waals surface area contributed by atoms with Crippen molar-refractivity contribution in [2.24, 2.45) is 0 Å². The third kappa shape index (κ3) is 2.66. The molecular formula is C19H18O3Si. The van der Waals surface area contributed by atoms with Gasteiger partial charge in [-0.3, -0.25) is 9.59 Å². The van der Waals surface area contributed by atoms with E-state index in [1.54, 1.807) is 31.2 Å². The normalized spacial score (nSPS) is 14.7. The minimum atomic E-state index is -2.33. The highest BCUT2D eigenvalue weighted by atomic mass is 28.4. The van der Waals surface area contributed by atoms with Crippen LogP contribution in [0, 0.1) is 0 Å². The van der Waals surface area contributed by atoms with Crippen molar-refractivity contribution in [2.75, 3.05) is 0 Å². The molecule has 0 amide bonds. The molecule has 0 unspecified atom stereocenters. The van der Waals surface area contributed by atoms with Gasteiger partial charge in [-0.25, -0.2) is 0 Å². The molecule has 1 aliphatic rings. The number of hydrogen-bond donors (Lipinski definition) is 0. The zero-order valence-electron chi connectivity index (χ0n) is 13.4. The summed E-state index contributed by atoms with van der Waals surface area (Å²) >= 11 is 0. The molecule has 0 aromatic heterocycles. The molecule has 0 aliphatic heterocycles. The second-order valence-corrected chi connectivity index (χ2v) is 9.94. The van der Waals surface area contributed by atoms with Crippen LogP contribution >= 0.6 is 0 Å². The van der Waals surface area contributed by atoms with Gasteiger partial charge in [0.25, 0.3) is 8.32 Å². The molecule has 0 bridgehead atoms. The summed E-state index contributed by atoms with van der Waals surface area (Å²) in [7, 11) is -2.33. The second kappa shape index (κ2) is 5.63. The summed E-state index contributed by atoms with van der Waals surface area (Å²) in [5.74, 6) is -0.128. The van der Waals surface area contributed by atoms with E-state index in [2.05, 4.69) is 0 Å². The van der Waals surface area contributed by atoms with E-state index in [1.807, 2.05) is 43.4 Å². The highest BCUT2D eigenvalue weighted by Gasteiger charge is 2.36. The number of fused-ring (bicyclic) bond motifs is 1. The number of carbonyl (C=O) groups is 2. The van der Waals surface area contributed by atoms with Gasteiger partial charge in [0.1, 0.15) is 0 Å². The van der Waals surface area contributed by atoms with Crippen molar-refractivity contribution >= 4 is 25.1 Å². The first-order valence-electron chi connectivity index (χ1n) is 7.55. The van der Waals surface area contributed by atoms with E-state index in [0.29, 0.717) is 16.7 Å². The first-order chi connectivity index (χ1) is 10.9. The zero-order chi connectivity index (χ0) is 16.6. The van der Waals surface area contributed by atoms with Gasteiger partial charge in [-0.05, 0) is 25.2 Å². The van der Waals surface area contributed by atoms with Crippen LogP contribution in [0.1, 0.15) is 27.6 Å². The standard InChI is InChI=1S/C19H18O3Si/c1-13-17(20)15-11-7-8-12-16(15)18(21)19(13)22-23(2,3)14-9-5-4-6-10-14/h4-12H,1-3H3. The van der Waals surface area contributed by atoms with Gasteiger partial charge in [0, 0.05) is 16.7 Å². The molecule has 0 saturated carbocycles. The molecule has 0 radical (unpaired) electrons. The Kier molecular flexibility index (Phi) is 3.78. The minimum absolute atomic E-state index is 0.131. The van der Waals surface area contributed by atoms with Gasteiger partial charge in [-0.2, -0.15) is 0 Å². The number of hydrogen-bond acceptors (Lipinski definition) is 3. The van der Waals surface area contributed by atoms with Gasteiger partial charge in [-0.1, -0.05) is 54.6 Å². The Labute approximate surface area is 136 Å². The van der Waals surface area contributed by atoms with Crippen molar-refractivity contribution in [3.05, 3.63) is 77.1 Å². The number of ketones is 2. The fourth-order valence-corrected chi connectivity index (χ4v) is 4.62. The summed E-state index contributed by atoms with van der Waals surface area (Å²) in [4.78, 5) is 25.3. The third-order valence-electron chi connectivity index (χ3n) is 4.13. The Morgan fingerprint density at radius 3 is 1.91 bits per heavy atom. The van der Waals surface area contributed by atoms with Crippen LogP contribution in [0.5, 0.6) is 0 Å². The van der Waals surface area contributed by atoms with Crippen molar-refractivity contribution in [3.8, 4) is 0 Å². The minimum Gasteiger partial charge on any atom is -0.537 e. The monoisotopic (exact) mass is 322 g/mol. The number of benzene rings is 2. The average molecular weight is 322 g/mol. The molecular weight excluding hydrogens is 304 g/mol. The smallest absolute Gasteiger partial charge is 0.277 e. The zero-order valence-corrected chi connectivity index (χ0v) is 14.4. The summed E-state index contributed by atoms with van der Waals surface area (Å²) in [6.07, 6.45) is 0. The molecule has 0 heterocycles. The maximum atomic E-state index is 12.8. The van der Waals surface area contributed by atoms with Gasteiger partial charge in [0.2, 0.25) is 5.78 Å². The van der Waals surface area contributed by atoms with Crippen LogP contribution in [0.15, 0.2) is 65.9 Å². The molecule has 3 rings (SSSR count). The molecule has 0 saturated heterocycles. The van der Waals surface area contributed by atoms with Gasteiger partial charge in [0.15, 0.2) is 11.5 Å². The van der Waals surface area contributed by atoms with Gasteiger partial charge in [0.05, 0.1) is 0 Å². The Morgan fingerprint density at radius 1 is 0.783 bits per heavy atom. The Bertz CT molecular complexity index is 820. The number of allylic oxidation sites excluding steroid dienone is 2. The Hall–Kier alpha value is -2.46. The van der Waals surface area contributed by atoms with E-state index in [1.165, 1.54) is 0 Å². The first-order valence-corrected chi connectivity index (χ1v) is 10.5. The quantitative estimate of drug-likeness (QED) is 0.813. The van der Waals surface area contributed by atoms with Crippen molar-refractivity contribution in [2.45, 2.75) is 20.0 Å². The fourth-order valence-electron chi connectivity index (χ4n) is 2.75. The van der Waals surface area contributed by atoms with Gasteiger partial charge in [-0.15, -0.1) is 0 Å². The van der Waals surface area contributed by atoms with Gasteiger partial charge >= 0.3 is 0 Å². The molecule has 2 aromatic rings. The molecule has 116 valence electrons. The lowest BCUT2D eigenvalue weighted by atomic mass is 9.89. The van der Waals surface area contributed by atoms with E-state index < -0.39 is 8.32 Å². The average Bonchev–Trinajstić information content (AvgIpc) is 2.57. The molecule has 4 heteroatoms. The van der Waals surface area contributed by atoms with Crippen molar-refractivity contribution < 1.29 is 14.0 Å². The summed E-state index contributed by atoms with van der Waals surface area (Å²) in [6, 6.07) is 16.8. The SMILES string of the molecule is CC1=C(O[Si](C)(C)c2ccccc2)C(=O)c2ccccc2C1=O. The number of carbonyl (C=O) groups excluding carboxylic acids is 2. The Morgan fingerprint density at radius 2 is 1.30 bits per heavy atom. The molecule has 2 aromatic carbocycles. The first kappa shape index (κ1) is 15.4. The van der Waals surface area contributed by atoms with E-state index in [-0.39, 0.29) is 17.3 Å². The lowest BCUT2D eigenvalue weighted by molar-refractivity contribution is 0.0935. The van der Waals surface area contributed by atoms with Crippen molar-refractivity contribution in [1.82, 2.24) is 0 Å². The van der Waals surface area contributed by atoms with Gasteiger partial charge < -0.3 is 4.43 Å². The summed E-state index contributed by atoms with van der Waals surface area (Å²) in [6.45, 7) is 5.72. The van der Waals surface area contributed by atoms with Crippen LogP contribution in [0.4, 0.5) is 0 Å². The lowest BCUT2D eigenvalue weighted by Crippen LogP contribution is -2.46. The van der Waals surface area contributed by atoms with Crippen molar-refractivity contribution in [1.29, 1.82) is 0 Å². The molecule has 3 nitrogen and oxygen atoms in total. The second-order valence-electron chi connectivity index (χ2n) is 6.14. The maximum Gasteiger partial charge on any atom is 0.277 e. The molecule has 0 atom stereocenters. The highest BCUT2D eigenvalue weighted by Crippen LogP contribution is 2.28. The van der Waals surface area contributed by atoms with Crippen LogP contribution in [-0.2, 0) is 4.43 Å². The van der Waals surface area contributed by atoms with Crippen LogP contribution in [0.3, 0.4) is 0 Å². The number of Topliss-reactive ketones (excluding diaryl/α,β-unsaturated/α-hetero) is 2. The third-order valence-corrected chi connectivity index (χ3v) is 6.57. The highest BCUT2D eigenvalue weighted by molar-refractivity contribution is 6.84. The number of rotatable bonds is 3. The Balaban J connectivity index is 2.02. The lowest BCUT2D eigenvalue weighted by Gasteiger charge is -2.29. The van der Waals surface area contributed by atoms with Crippen LogP contribution in [0.2, 0.25) is 13.1 Å². The van der Waals surface area contributed by atoms with Crippen LogP contribution in [0.25, 0.3) is 0 Å². The molecule has 1 aliphatic carbocycles. The van der Waals surface area contributed by atoms with E-state index >= 15 is 0 Å². The van der Waals surface area contributed by atoms with E-state index in [4.69, 9.17) is 4.43 Å². The summed E-state index contributed by atoms with van der Waals surface area (Å²) in [5.41, 5.74) is 1.28. The predicted molar refractivity (Wildman–Crippen MR) is 92.4 cm³/mol. The largest absolute Gasteiger partial charge is 0.537 e. The van der Waals surface area contributed by atoms with Crippen LogP contribution < -0.4 is 5.19 Å². The molecule has 0 N–H and O–H groups in total. The summed E-state index contributed by atoms with van der Waals surface area (Å²) in [5, 5.41) is 1.08. The molecule has 0 spiro atoms. The predicted octanol–water partition coefficient (Wildman–Crippen LogP) is 3.47. The summed E-state index contributed by atoms with van der Waals surface area (Å²) < 4.78 is 6.16. The maximum absolute atomic E-state index is 12.8.